The molecule has 0 amide bonds. The highest BCUT2D eigenvalue weighted by atomic mass is 14.9. The Morgan fingerprint density at radius 3 is 2.35 bits per heavy atom. The van der Waals surface area contributed by atoms with Gasteiger partial charge >= 0.3 is 0 Å². The van der Waals surface area contributed by atoms with Gasteiger partial charge in [-0.15, -0.1) is 0 Å². The fourth-order valence-electron chi connectivity index (χ4n) is 3.21. The Bertz CT molecular complexity index is 167. The van der Waals surface area contributed by atoms with E-state index in [9.17, 15) is 0 Å². The highest BCUT2D eigenvalue weighted by Crippen LogP contribution is 2.28. The first-order valence-corrected chi connectivity index (χ1v) is 8.04. The first-order valence-electron chi connectivity index (χ1n) is 8.04. The molecule has 1 aliphatic rings. The normalized spacial score (nSPS) is 25.1. The Morgan fingerprint density at radius 1 is 0.941 bits per heavy atom. The monoisotopic (exact) mass is 239 g/mol. The number of unbranched alkanes of at least 4 members (excludes halogenated alkanes) is 6. The molecule has 0 aromatic heterocycles. The van der Waals surface area contributed by atoms with Crippen molar-refractivity contribution in [1.82, 2.24) is 5.32 Å². The van der Waals surface area contributed by atoms with Crippen LogP contribution in [0.25, 0.3) is 0 Å². The van der Waals surface area contributed by atoms with Gasteiger partial charge in [0.1, 0.15) is 0 Å². The first kappa shape index (κ1) is 15.0. The topological polar surface area (TPSA) is 12.0 Å². The highest BCUT2D eigenvalue weighted by molar-refractivity contribution is 4.76. The van der Waals surface area contributed by atoms with Crippen molar-refractivity contribution in [3.63, 3.8) is 0 Å². The van der Waals surface area contributed by atoms with Crippen LogP contribution in [-0.4, -0.2) is 13.1 Å². The lowest BCUT2D eigenvalue weighted by atomic mass is 9.82. The molecule has 1 N–H and O–H groups in total. The summed E-state index contributed by atoms with van der Waals surface area (Å²) < 4.78 is 0. The minimum atomic E-state index is 0.818. The lowest BCUT2D eigenvalue weighted by Gasteiger charge is -2.28. The summed E-state index contributed by atoms with van der Waals surface area (Å²) in [4.78, 5) is 0. The molecule has 2 atom stereocenters. The van der Waals surface area contributed by atoms with Crippen molar-refractivity contribution >= 4 is 0 Å². The van der Waals surface area contributed by atoms with Crippen LogP contribution >= 0.6 is 0 Å². The number of nitrogens with one attached hydrogen (secondary N) is 1. The van der Waals surface area contributed by atoms with E-state index in [2.05, 4.69) is 19.3 Å². The summed E-state index contributed by atoms with van der Waals surface area (Å²) in [6.45, 7) is 2.29. The summed E-state index contributed by atoms with van der Waals surface area (Å²) in [5.74, 6) is 1.02. The van der Waals surface area contributed by atoms with E-state index < -0.39 is 0 Å². The third kappa shape index (κ3) is 7.08. The molecule has 1 rings (SSSR count). The van der Waals surface area contributed by atoms with Crippen LogP contribution in [0.5, 0.6) is 0 Å². The fraction of sp³-hybridized carbons (Fsp3) is 1.00. The highest BCUT2D eigenvalue weighted by Gasteiger charge is 2.19. The smallest absolute Gasteiger partial charge is 0.00667 e. The van der Waals surface area contributed by atoms with Crippen LogP contribution in [0.4, 0.5) is 0 Å². The maximum absolute atomic E-state index is 3.46. The average Bonchev–Trinajstić information content (AvgIpc) is 2.38. The van der Waals surface area contributed by atoms with Crippen LogP contribution in [0.1, 0.15) is 84.0 Å². The molecule has 0 saturated heterocycles. The summed E-state index contributed by atoms with van der Waals surface area (Å²) in [5.41, 5.74) is 0. The molecule has 1 saturated carbocycles. The van der Waals surface area contributed by atoms with Crippen molar-refractivity contribution in [3.8, 4) is 0 Å². The van der Waals surface area contributed by atoms with Crippen LogP contribution in [0.2, 0.25) is 0 Å². The molecular formula is C16H33N. The molecule has 1 fully saturated rings. The molecule has 0 aliphatic heterocycles. The van der Waals surface area contributed by atoms with Gasteiger partial charge in [0.05, 0.1) is 0 Å². The van der Waals surface area contributed by atoms with Gasteiger partial charge in [0.2, 0.25) is 0 Å². The maximum atomic E-state index is 3.46. The Balaban J connectivity index is 1.91. The molecule has 102 valence electrons. The molecule has 1 heteroatoms. The van der Waals surface area contributed by atoms with Gasteiger partial charge in [-0.1, -0.05) is 71.1 Å². The van der Waals surface area contributed by atoms with E-state index in [-0.39, 0.29) is 0 Å². The van der Waals surface area contributed by atoms with Gasteiger partial charge in [0.15, 0.2) is 0 Å². The molecule has 1 nitrogen and oxygen atoms in total. The molecule has 0 spiro atoms. The second-order valence-corrected chi connectivity index (χ2v) is 5.93. The van der Waals surface area contributed by atoms with Crippen LogP contribution in [0, 0.1) is 5.92 Å². The maximum Gasteiger partial charge on any atom is 0.00667 e. The van der Waals surface area contributed by atoms with E-state index in [1.165, 1.54) is 77.0 Å². The molecule has 0 heterocycles. The lowest BCUT2D eigenvalue weighted by molar-refractivity contribution is 0.276. The molecule has 0 radical (unpaired) electrons. The second-order valence-electron chi connectivity index (χ2n) is 5.93. The Kier molecular flexibility index (Phi) is 8.78. The van der Waals surface area contributed by atoms with Gasteiger partial charge < -0.3 is 5.32 Å². The lowest BCUT2D eigenvalue weighted by Crippen LogP contribution is -2.31. The van der Waals surface area contributed by atoms with Gasteiger partial charge in [0.25, 0.3) is 0 Å². The third-order valence-electron chi connectivity index (χ3n) is 4.41. The number of hydrogen-bond acceptors (Lipinski definition) is 1. The Labute approximate surface area is 109 Å². The van der Waals surface area contributed by atoms with E-state index in [0.29, 0.717) is 0 Å². The van der Waals surface area contributed by atoms with Gasteiger partial charge in [-0.25, -0.2) is 0 Å². The van der Waals surface area contributed by atoms with Gasteiger partial charge in [-0.05, 0) is 25.8 Å². The summed E-state index contributed by atoms with van der Waals surface area (Å²) in [5, 5.41) is 3.46. The van der Waals surface area contributed by atoms with Gasteiger partial charge in [-0.3, -0.25) is 0 Å². The van der Waals surface area contributed by atoms with Gasteiger partial charge in [0, 0.05) is 6.04 Å². The van der Waals surface area contributed by atoms with E-state index in [1.807, 2.05) is 0 Å². The van der Waals surface area contributed by atoms with Crippen molar-refractivity contribution in [2.24, 2.45) is 5.92 Å². The molecule has 0 bridgehead atoms. The zero-order valence-electron chi connectivity index (χ0n) is 12.1. The van der Waals surface area contributed by atoms with Crippen LogP contribution in [-0.2, 0) is 0 Å². The van der Waals surface area contributed by atoms with Crippen molar-refractivity contribution in [2.75, 3.05) is 7.05 Å². The minimum absolute atomic E-state index is 0.818. The molecule has 1 aliphatic carbocycles. The van der Waals surface area contributed by atoms with Crippen LogP contribution in [0.15, 0.2) is 0 Å². The first-order chi connectivity index (χ1) is 8.36. The third-order valence-corrected chi connectivity index (χ3v) is 4.41. The number of rotatable bonds is 9. The van der Waals surface area contributed by atoms with E-state index in [4.69, 9.17) is 0 Å². The summed E-state index contributed by atoms with van der Waals surface area (Å²) >= 11 is 0. The molecule has 17 heavy (non-hydrogen) atoms. The second kappa shape index (κ2) is 9.94. The SMILES string of the molecule is CCCCCCCCCC1CCCC(NC)C1. The van der Waals surface area contributed by atoms with Crippen molar-refractivity contribution < 1.29 is 0 Å². The zero-order valence-corrected chi connectivity index (χ0v) is 12.1. The fourth-order valence-corrected chi connectivity index (χ4v) is 3.21. The minimum Gasteiger partial charge on any atom is -0.317 e. The van der Waals surface area contributed by atoms with Crippen molar-refractivity contribution in [1.29, 1.82) is 0 Å². The van der Waals surface area contributed by atoms with Crippen molar-refractivity contribution in [2.45, 2.75) is 90.0 Å². The molecule has 0 aromatic rings. The summed E-state index contributed by atoms with van der Waals surface area (Å²) in [6, 6.07) is 0.818. The van der Waals surface area contributed by atoms with E-state index in [0.717, 1.165) is 12.0 Å². The Hall–Kier alpha value is -0.0400. The van der Waals surface area contributed by atoms with E-state index in [1.54, 1.807) is 0 Å². The predicted molar refractivity (Wildman–Crippen MR) is 77.4 cm³/mol. The van der Waals surface area contributed by atoms with Crippen molar-refractivity contribution in [3.05, 3.63) is 0 Å². The summed E-state index contributed by atoms with van der Waals surface area (Å²) in [7, 11) is 2.13. The average molecular weight is 239 g/mol. The molecule has 2 unspecified atom stereocenters. The van der Waals surface area contributed by atoms with Crippen LogP contribution < -0.4 is 5.32 Å². The molecule has 0 aromatic carbocycles. The predicted octanol–water partition coefficient (Wildman–Crippen LogP) is 4.91. The Morgan fingerprint density at radius 2 is 1.65 bits per heavy atom. The van der Waals surface area contributed by atoms with Crippen LogP contribution in [0.3, 0.4) is 0 Å². The van der Waals surface area contributed by atoms with E-state index >= 15 is 0 Å². The largest absolute Gasteiger partial charge is 0.317 e. The quantitative estimate of drug-likeness (QED) is 0.564. The van der Waals surface area contributed by atoms with Gasteiger partial charge in [-0.2, -0.15) is 0 Å². The standard InChI is InChI=1S/C16H33N/c1-3-4-5-6-7-8-9-11-15-12-10-13-16(14-15)17-2/h15-17H,3-14H2,1-2H3. The zero-order chi connectivity index (χ0) is 12.3. The molecular weight excluding hydrogens is 206 g/mol. The summed E-state index contributed by atoms with van der Waals surface area (Å²) in [6.07, 6.45) is 17.4. The number of hydrogen-bond donors (Lipinski definition) is 1.